The van der Waals surface area contributed by atoms with E-state index in [1.807, 2.05) is 28.0 Å². The van der Waals surface area contributed by atoms with Crippen LogP contribution >= 0.6 is 0 Å². The van der Waals surface area contributed by atoms with Crippen molar-refractivity contribution in [1.82, 2.24) is 15.1 Å². The van der Waals surface area contributed by atoms with Crippen LogP contribution in [0.3, 0.4) is 0 Å². The van der Waals surface area contributed by atoms with E-state index in [2.05, 4.69) is 24.4 Å². The summed E-state index contributed by atoms with van der Waals surface area (Å²) in [6.45, 7) is 5.65. The van der Waals surface area contributed by atoms with Gasteiger partial charge in [0, 0.05) is 32.6 Å². The summed E-state index contributed by atoms with van der Waals surface area (Å²) in [6, 6.07) is 10.2. The Morgan fingerprint density at radius 2 is 1.76 bits per heavy atom. The van der Waals surface area contributed by atoms with Gasteiger partial charge in [0.2, 0.25) is 11.8 Å². The van der Waals surface area contributed by atoms with Crippen molar-refractivity contribution < 1.29 is 9.59 Å². The number of hydrogen-bond acceptors (Lipinski definition) is 3. The van der Waals surface area contributed by atoms with Crippen LogP contribution in [0.25, 0.3) is 0 Å². The zero-order valence-electron chi connectivity index (χ0n) is 15.1. The van der Waals surface area contributed by atoms with E-state index >= 15 is 0 Å². The fourth-order valence-electron chi connectivity index (χ4n) is 3.75. The van der Waals surface area contributed by atoms with Gasteiger partial charge in [0.25, 0.3) is 0 Å². The van der Waals surface area contributed by atoms with Crippen LogP contribution in [0.2, 0.25) is 0 Å². The van der Waals surface area contributed by atoms with Crippen molar-refractivity contribution in [3.05, 3.63) is 35.9 Å². The summed E-state index contributed by atoms with van der Waals surface area (Å²) < 4.78 is 0. The first-order valence-electron chi connectivity index (χ1n) is 9.50. The van der Waals surface area contributed by atoms with E-state index in [1.165, 1.54) is 5.56 Å². The second-order valence-electron chi connectivity index (χ2n) is 7.22. The van der Waals surface area contributed by atoms with E-state index in [-0.39, 0.29) is 23.8 Å². The normalized spacial score (nSPS) is 22.5. The van der Waals surface area contributed by atoms with Gasteiger partial charge in [0.1, 0.15) is 0 Å². The number of amides is 2. The Bertz CT molecular complexity index is 576. The summed E-state index contributed by atoms with van der Waals surface area (Å²) in [4.78, 5) is 29.0. The maximum absolute atomic E-state index is 12.6. The van der Waals surface area contributed by atoms with Gasteiger partial charge in [0.05, 0.1) is 6.04 Å². The van der Waals surface area contributed by atoms with Crippen LogP contribution in [0, 0.1) is 0 Å². The Labute approximate surface area is 150 Å². The Balaban J connectivity index is 1.46. The summed E-state index contributed by atoms with van der Waals surface area (Å²) >= 11 is 0. The highest BCUT2D eigenvalue weighted by Gasteiger charge is 2.29. The molecule has 2 atom stereocenters. The average molecular weight is 343 g/mol. The first-order valence-corrected chi connectivity index (χ1v) is 9.50. The number of hydrogen-bond donors (Lipinski definition) is 1. The number of rotatable bonds is 4. The van der Waals surface area contributed by atoms with Crippen molar-refractivity contribution in [2.75, 3.05) is 32.7 Å². The van der Waals surface area contributed by atoms with Gasteiger partial charge >= 0.3 is 0 Å². The maximum Gasteiger partial charge on any atom is 0.239 e. The van der Waals surface area contributed by atoms with Crippen molar-refractivity contribution in [2.24, 2.45) is 0 Å². The molecule has 1 N–H and O–H groups in total. The molecule has 2 unspecified atom stereocenters. The van der Waals surface area contributed by atoms with E-state index < -0.39 is 0 Å². The highest BCUT2D eigenvalue weighted by molar-refractivity contribution is 5.82. The third kappa shape index (κ3) is 4.60. The summed E-state index contributed by atoms with van der Waals surface area (Å²) in [5, 5.41) is 3.32. The third-order valence-electron chi connectivity index (χ3n) is 5.40. The van der Waals surface area contributed by atoms with Gasteiger partial charge in [0.15, 0.2) is 0 Å². The zero-order valence-corrected chi connectivity index (χ0v) is 15.1. The molecule has 1 aromatic rings. The van der Waals surface area contributed by atoms with Crippen molar-refractivity contribution in [2.45, 2.75) is 44.6 Å². The number of piperazine rings is 1. The Kier molecular flexibility index (Phi) is 6.08. The summed E-state index contributed by atoms with van der Waals surface area (Å²) in [5.74, 6) is 0.628. The molecule has 0 radical (unpaired) electrons. The molecular formula is C20H29N3O2. The number of carbonyl (C=O) groups excluding carboxylic acids is 2. The van der Waals surface area contributed by atoms with Crippen LogP contribution in [-0.4, -0.2) is 60.4 Å². The fraction of sp³-hybridized carbons (Fsp3) is 0.600. The van der Waals surface area contributed by atoms with Crippen LogP contribution < -0.4 is 5.32 Å². The molecule has 2 amide bonds. The number of carbonyl (C=O) groups is 2. The van der Waals surface area contributed by atoms with Gasteiger partial charge in [-0.2, -0.15) is 0 Å². The minimum absolute atomic E-state index is 0.0193. The van der Waals surface area contributed by atoms with Crippen molar-refractivity contribution in [3.8, 4) is 0 Å². The van der Waals surface area contributed by atoms with Gasteiger partial charge in [-0.05, 0) is 30.9 Å². The Hall–Kier alpha value is -1.88. The van der Waals surface area contributed by atoms with Gasteiger partial charge in [-0.15, -0.1) is 0 Å². The number of piperidine rings is 1. The number of nitrogens with one attached hydrogen (secondary N) is 1. The van der Waals surface area contributed by atoms with Crippen molar-refractivity contribution in [3.63, 3.8) is 0 Å². The topological polar surface area (TPSA) is 52.7 Å². The molecule has 5 heteroatoms. The molecule has 0 spiro atoms. The standard InChI is InChI=1S/C20H29N3O2/c1-16(17-7-3-2-4-8-17)15-19(24)22-11-13-23(14-12-22)20(25)18-9-5-6-10-21-18/h2-4,7-8,16,18,21H,5-6,9-15H2,1H3. The molecule has 2 saturated heterocycles. The van der Waals surface area contributed by atoms with Crippen LogP contribution in [0.4, 0.5) is 0 Å². The van der Waals surface area contributed by atoms with Gasteiger partial charge in [-0.25, -0.2) is 0 Å². The molecule has 0 saturated carbocycles. The van der Waals surface area contributed by atoms with Crippen molar-refractivity contribution in [1.29, 1.82) is 0 Å². The molecule has 2 aliphatic rings. The lowest BCUT2D eigenvalue weighted by Gasteiger charge is -2.37. The monoisotopic (exact) mass is 343 g/mol. The fourth-order valence-corrected chi connectivity index (χ4v) is 3.75. The molecular weight excluding hydrogens is 314 g/mol. The lowest BCUT2D eigenvalue weighted by atomic mass is 9.97. The van der Waals surface area contributed by atoms with Crippen LogP contribution in [0.1, 0.15) is 44.1 Å². The highest BCUT2D eigenvalue weighted by atomic mass is 16.2. The molecule has 5 nitrogen and oxygen atoms in total. The zero-order chi connectivity index (χ0) is 17.6. The second-order valence-corrected chi connectivity index (χ2v) is 7.22. The summed E-state index contributed by atoms with van der Waals surface area (Å²) in [7, 11) is 0. The largest absolute Gasteiger partial charge is 0.339 e. The summed E-state index contributed by atoms with van der Waals surface area (Å²) in [6.07, 6.45) is 3.75. The highest BCUT2D eigenvalue weighted by Crippen LogP contribution is 2.20. The van der Waals surface area contributed by atoms with E-state index in [1.54, 1.807) is 0 Å². The smallest absolute Gasteiger partial charge is 0.239 e. The minimum Gasteiger partial charge on any atom is -0.339 e. The molecule has 2 fully saturated rings. The van der Waals surface area contributed by atoms with Gasteiger partial charge < -0.3 is 15.1 Å². The maximum atomic E-state index is 12.6. The molecule has 136 valence electrons. The quantitative estimate of drug-likeness (QED) is 0.910. The molecule has 1 aromatic carbocycles. The first-order chi connectivity index (χ1) is 12.1. The molecule has 0 aromatic heterocycles. The SMILES string of the molecule is CC(CC(=O)N1CCN(C(=O)C2CCCCN2)CC1)c1ccccc1. The third-order valence-corrected chi connectivity index (χ3v) is 5.40. The Morgan fingerprint density at radius 3 is 2.40 bits per heavy atom. The van der Waals surface area contributed by atoms with Gasteiger partial charge in [-0.3, -0.25) is 9.59 Å². The molecule has 2 aliphatic heterocycles. The van der Waals surface area contributed by atoms with E-state index in [0.717, 1.165) is 25.8 Å². The number of nitrogens with zero attached hydrogens (tertiary/aromatic N) is 2. The minimum atomic E-state index is -0.0193. The second kappa shape index (κ2) is 8.48. The Morgan fingerprint density at radius 1 is 1.08 bits per heavy atom. The van der Waals surface area contributed by atoms with Crippen molar-refractivity contribution >= 4 is 11.8 Å². The first kappa shape index (κ1) is 17.9. The average Bonchev–Trinajstić information content (AvgIpc) is 2.69. The molecule has 0 bridgehead atoms. The molecule has 0 aliphatic carbocycles. The molecule has 3 rings (SSSR count). The van der Waals surface area contributed by atoms with E-state index in [4.69, 9.17) is 0 Å². The van der Waals surface area contributed by atoms with Gasteiger partial charge in [-0.1, -0.05) is 43.7 Å². The van der Waals surface area contributed by atoms with Crippen LogP contribution in [0.15, 0.2) is 30.3 Å². The van der Waals surface area contributed by atoms with Crippen LogP contribution in [-0.2, 0) is 9.59 Å². The predicted molar refractivity (Wildman–Crippen MR) is 98.3 cm³/mol. The lowest BCUT2D eigenvalue weighted by Crippen LogP contribution is -2.55. The van der Waals surface area contributed by atoms with E-state index in [9.17, 15) is 9.59 Å². The van der Waals surface area contributed by atoms with E-state index in [0.29, 0.717) is 32.6 Å². The summed E-state index contributed by atoms with van der Waals surface area (Å²) in [5.41, 5.74) is 1.20. The number of benzene rings is 1. The van der Waals surface area contributed by atoms with Crippen LogP contribution in [0.5, 0.6) is 0 Å². The molecule has 2 heterocycles. The predicted octanol–water partition coefficient (Wildman–Crippen LogP) is 1.99. The lowest BCUT2D eigenvalue weighted by molar-refractivity contribution is -0.141. The molecule has 25 heavy (non-hydrogen) atoms.